The number of carbonyl (C=O) groups is 2. The van der Waals surface area contributed by atoms with E-state index >= 15 is 0 Å². The molecule has 0 aliphatic heterocycles. The lowest BCUT2D eigenvalue weighted by Crippen LogP contribution is -2.62. The van der Waals surface area contributed by atoms with E-state index in [2.05, 4.69) is 4.98 Å². The fourth-order valence-corrected chi connectivity index (χ4v) is 6.79. The quantitative estimate of drug-likeness (QED) is 0.263. The molecule has 3 aliphatic rings. The van der Waals surface area contributed by atoms with Crippen molar-refractivity contribution in [2.24, 2.45) is 23.5 Å². The lowest BCUT2D eigenvalue weighted by Gasteiger charge is -2.51. The van der Waals surface area contributed by atoms with Gasteiger partial charge in [-0.1, -0.05) is 0 Å². The van der Waals surface area contributed by atoms with Gasteiger partial charge in [0, 0.05) is 42.7 Å². The number of nitrogens with zero attached hydrogens (tertiary/aromatic N) is 3. The predicted molar refractivity (Wildman–Crippen MR) is 147 cm³/mol. The van der Waals surface area contributed by atoms with Crippen LogP contribution in [0, 0.1) is 17.8 Å². The highest BCUT2D eigenvalue weighted by Gasteiger charge is 2.62. The standard InChI is InChI=1S/C28H33N5O7/c1-32(2)16-9-13(11-5-6-17(29)31-10-11)23(34)19-14(16)7-12-8-15-20(25(36)18(12)24(19)35)28(39,40)21(27(30)38)26(37)22(15)33(3)4/h5-6,9-10,12,15,20,22,34-35,37,39-40H,7-8H2,1-4H3,(H2,29,31)(H2,30,38)/t12?,15?,20?,22-/m0/s1. The maximum Gasteiger partial charge on any atom is 0.253 e. The molecule has 4 atom stereocenters. The molecule has 3 aliphatic carbocycles. The van der Waals surface area contributed by atoms with Gasteiger partial charge in [0.15, 0.2) is 5.78 Å². The summed E-state index contributed by atoms with van der Waals surface area (Å²) in [6.07, 6.45) is 1.92. The molecule has 1 saturated carbocycles. The number of allylic oxidation sites excluding steroid dienone is 1. The molecule has 0 spiro atoms. The van der Waals surface area contributed by atoms with Gasteiger partial charge in [-0.15, -0.1) is 0 Å². The van der Waals surface area contributed by atoms with Crippen LogP contribution in [0.3, 0.4) is 0 Å². The van der Waals surface area contributed by atoms with Gasteiger partial charge < -0.3 is 41.9 Å². The molecule has 3 unspecified atom stereocenters. The van der Waals surface area contributed by atoms with Gasteiger partial charge in [0.2, 0.25) is 5.79 Å². The summed E-state index contributed by atoms with van der Waals surface area (Å²) in [5.74, 6) is -9.18. The van der Waals surface area contributed by atoms with Crippen molar-refractivity contribution < 1.29 is 35.1 Å². The average molecular weight is 552 g/mol. The lowest BCUT2D eigenvalue weighted by atomic mass is 9.58. The molecule has 1 aromatic heterocycles. The van der Waals surface area contributed by atoms with Gasteiger partial charge in [-0.2, -0.15) is 0 Å². The molecule has 0 radical (unpaired) electrons. The number of ketones is 1. The van der Waals surface area contributed by atoms with Crippen molar-refractivity contribution in [2.75, 3.05) is 38.8 Å². The molecule has 1 amide bonds. The number of aromatic nitrogens is 1. The first-order chi connectivity index (χ1) is 18.7. The van der Waals surface area contributed by atoms with Crippen molar-refractivity contribution in [3.63, 3.8) is 0 Å². The number of aliphatic hydroxyl groups excluding tert-OH is 2. The number of hydrogen-bond acceptors (Lipinski definition) is 11. The van der Waals surface area contributed by atoms with E-state index in [4.69, 9.17) is 11.5 Å². The number of aliphatic hydroxyl groups is 4. The minimum absolute atomic E-state index is 0.0611. The molecule has 0 bridgehead atoms. The van der Waals surface area contributed by atoms with Crippen LogP contribution in [0.2, 0.25) is 0 Å². The first-order valence-electron chi connectivity index (χ1n) is 12.8. The molecule has 0 saturated heterocycles. The molecule has 2 aromatic rings. The highest BCUT2D eigenvalue weighted by Crippen LogP contribution is 2.55. The van der Waals surface area contributed by atoms with Crippen molar-refractivity contribution in [3.05, 3.63) is 52.4 Å². The molecule has 1 heterocycles. The summed E-state index contributed by atoms with van der Waals surface area (Å²) in [5, 5.41) is 56.2. The number of fused-ring (bicyclic) bond motifs is 3. The van der Waals surface area contributed by atoms with E-state index in [0.29, 0.717) is 28.2 Å². The Kier molecular flexibility index (Phi) is 6.32. The van der Waals surface area contributed by atoms with Crippen LogP contribution in [0.5, 0.6) is 5.75 Å². The van der Waals surface area contributed by atoms with Crippen LogP contribution in [-0.4, -0.2) is 87.1 Å². The molecular weight excluding hydrogens is 518 g/mol. The smallest absolute Gasteiger partial charge is 0.253 e. The van der Waals surface area contributed by atoms with Crippen LogP contribution in [-0.2, 0) is 16.0 Å². The predicted octanol–water partition coefficient (Wildman–Crippen LogP) is 0.671. The Balaban J connectivity index is 1.74. The Hall–Kier alpha value is -4.13. The van der Waals surface area contributed by atoms with Crippen LogP contribution in [0.25, 0.3) is 16.9 Å². The number of pyridine rings is 1. The number of anilines is 2. The third-order valence-corrected chi connectivity index (χ3v) is 8.39. The van der Waals surface area contributed by atoms with Crippen LogP contribution in [0.4, 0.5) is 11.5 Å². The Morgan fingerprint density at radius 2 is 1.80 bits per heavy atom. The summed E-state index contributed by atoms with van der Waals surface area (Å²) in [5.41, 5.74) is 12.5. The number of hydrogen-bond donors (Lipinski definition) is 7. The Morgan fingerprint density at radius 3 is 2.35 bits per heavy atom. The van der Waals surface area contributed by atoms with E-state index < -0.39 is 58.4 Å². The number of rotatable bonds is 4. The summed E-state index contributed by atoms with van der Waals surface area (Å²) in [4.78, 5) is 33.8. The number of carbonyl (C=O) groups excluding carboxylic acids is 2. The van der Waals surface area contributed by atoms with Crippen molar-refractivity contribution in [1.29, 1.82) is 0 Å². The van der Waals surface area contributed by atoms with E-state index in [0.717, 1.165) is 0 Å². The number of phenols is 1. The van der Waals surface area contributed by atoms with Crippen molar-refractivity contribution in [3.8, 4) is 16.9 Å². The second-order valence-corrected chi connectivity index (χ2v) is 11.2. The summed E-state index contributed by atoms with van der Waals surface area (Å²) in [6, 6.07) is 4.12. The summed E-state index contributed by atoms with van der Waals surface area (Å²) < 4.78 is 0. The fourth-order valence-electron chi connectivity index (χ4n) is 6.79. The minimum atomic E-state index is -3.07. The number of nitrogen functional groups attached to an aromatic ring is 1. The van der Waals surface area contributed by atoms with Crippen molar-refractivity contribution >= 4 is 29.0 Å². The largest absolute Gasteiger partial charge is 0.510 e. The van der Waals surface area contributed by atoms with Crippen molar-refractivity contribution in [2.45, 2.75) is 24.7 Å². The van der Waals surface area contributed by atoms with Gasteiger partial charge in [-0.3, -0.25) is 14.5 Å². The number of aromatic hydroxyl groups is 1. The summed E-state index contributed by atoms with van der Waals surface area (Å²) in [6.45, 7) is 0. The van der Waals surface area contributed by atoms with Crippen LogP contribution < -0.4 is 16.4 Å². The zero-order chi connectivity index (χ0) is 29.4. The van der Waals surface area contributed by atoms with Gasteiger partial charge in [-0.25, -0.2) is 4.98 Å². The molecule has 12 heteroatoms. The number of Topliss-reactive ketones (excluding diaryl/α,β-unsaturated/α-hetero) is 1. The minimum Gasteiger partial charge on any atom is -0.510 e. The third kappa shape index (κ3) is 3.82. The van der Waals surface area contributed by atoms with Gasteiger partial charge in [0.25, 0.3) is 5.91 Å². The Bertz CT molecular complexity index is 1490. The van der Waals surface area contributed by atoms with Crippen molar-refractivity contribution in [1.82, 2.24) is 9.88 Å². The van der Waals surface area contributed by atoms with Gasteiger partial charge in [-0.05, 0) is 62.5 Å². The molecule has 212 valence electrons. The number of likely N-dealkylation sites (N-methyl/N-ethyl adjacent to an activating group) is 1. The van der Waals surface area contributed by atoms with Gasteiger partial charge in [0.05, 0.1) is 17.5 Å². The van der Waals surface area contributed by atoms with Crippen LogP contribution in [0.15, 0.2) is 41.3 Å². The third-order valence-electron chi connectivity index (χ3n) is 8.39. The number of nitrogens with two attached hydrogens (primary N) is 2. The van der Waals surface area contributed by atoms with E-state index in [1.165, 1.54) is 6.20 Å². The molecule has 1 aromatic carbocycles. The lowest BCUT2D eigenvalue weighted by molar-refractivity contribution is -0.203. The Labute approximate surface area is 230 Å². The fraction of sp³-hybridized carbons (Fsp3) is 0.393. The first kappa shape index (κ1) is 27.4. The average Bonchev–Trinajstić information content (AvgIpc) is 2.83. The normalized spacial score (nSPS) is 25.4. The number of amides is 1. The summed E-state index contributed by atoms with van der Waals surface area (Å²) in [7, 11) is 6.91. The highest BCUT2D eigenvalue weighted by molar-refractivity contribution is 6.08. The molecule has 1 fully saturated rings. The molecular formula is C28H33N5O7. The molecule has 12 nitrogen and oxygen atoms in total. The summed E-state index contributed by atoms with van der Waals surface area (Å²) >= 11 is 0. The monoisotopic (exact) mass is 551 g/mol. The topological polar surface area (TPSA) is 207 Å². The number of primary amides is 1. The van der Waals surface area contributed by atoms with E-state index in [1.54, 1.807) is 37.2 Å². The molecule has 40 heavy (non-hydrogen) atoms. The zero-order valence-electron chi connectivity index (χ0n) is 22.6. The first-order valence-corrected chi connectivity index (χ1v) is 12.8. The molecule has 9 N–H and O–H groups in total. The zero-order valence-corrected chi connectivity index (χ0v) is 22.6. The maximum absolute atomic E-state index is 14.1. The number of benzene rings is 1. The van der Waals surface area contributed by atoms with E-state index in [9.17, 15) is 35.1 Å². The second kappa shape index (κ2) is 9.22. The molecule has 5 rings (SSSR count). The SMILES string of the molecule is CN(C)c1cc(-c2ccc(N)nc2)c(O)c2c1CC1CC3C(C(=O)C1=C2O)C(O)(O)C(C(N)=O)=C(O)[C@H]3N(C)C. The van der Waals surface area contributed by atoms with E-state index in [-0.39, 0.29) is 29.7 Å². The highest BCUT2D eigenvalue weighted by atomic mass is 16.5. The van der Waals surface area contributed by atoms with Crippen LogP contribution >= 0.6 is 0 Å². The maximum atomic E-state index is 14.1. The van der Waals surface area contributed by atoms with Gasteiger partial charge in [0.1, 0.15) is 28.7 Å². The van der Waals surface area contributed by atoms with Gasteiger partial charge >= 0.3 is 0 Å². The second-order valence-electron chi connectivity index (χ2n) is 11.2. The van der Waals surface area contributed by atoms with Crippen LogP contribution in [0.1, 0.15) is 17.5 Å². The Morgan fingerprint density at radius 1 is 1.12 bits per heavy atom. The number of phenolic OH excluding ortho intramolecular Hbond substituents is 1. The van der Waals surface area contributed by atoms with E-state index in [1.807, 2.05) is 19.0 Å².